The van der Waals surface area contributed by atoms with Crippen LogP contribution in [0.4, 0.5) is 0 Å². The minimum Gasteiger partial charge on any atom is -0.393 e. The second kappa shape index (κ2) is 26.1. The van der Waals surface area contributed by atoms with E-state index in [4.69, 9.17) is 0 Å². The van der Waals surface area contributed by atoms with Gasteiger partial charge in [0.15, 0.2) is 5.60 Å². The summed E-state index contributed by atoms with van der Waals surface area (Å²) >= 11 is 0. The predicted molar refractivity (Wildman–Crippen MR) is 393 cm³/mol. The summed E-state index contributed by atoms with van der Waals surface area (Å²) in [6.45, 7) is 38.6. The molecule has 0 bridgehead atoms. The molecule has 8 heteroatoms. The Labute approximate surface area is 596 Å². The Balaban J connectivity index is 0.000000118. The Kier molecular flexibility index (Phi) is 19.6. The molecule has 8 nitrogen and oxygen atoms in total. The van der Waals surface area contributed by atoms with E-state index >= 15 is 0 Å². The van der Waals surface area contributed by atoms with Crippen LogP contribution < -0.4 is 0 Å². The maximum absolute atomic E-state index is 13.5. The summed E-state index contributed by atoms with van der Waals surface area (Å²) in [5.74, 6) is 13.8. The Morgan fingerprint density at radius 3 is 1.13 bits per heavy atom. The first-order valence-corrected chi connectivity index (χ1v) is 41.7. The van der Waals surface area contributed by atoms with Gasteiger partial charge in [0.05, 0.1) is 12.2 Å². The largest absolute Gasteiger partial charge is 0.393 e. The molecule has 98 heavy (non-hydrogen) atoms. The van der Waals surface area contributed by atoms with Crippen LogP contribution >= 0.6 is 0 Å². The van der Waals surface area contributed by atoms with E-state index in [1.165, 1.54) is 152 Å². The molecule has 0 heterocycles. The molecular formula is C90H139NO7. The monoisotopic (exact) mass is 1350 g/mol. The standard InChI is InChI=1S/C23H35NO2.C23H36O.2C22H34O2/c1-14-9-10-21(2)15(11-14)5-6-16-17-7-8-19(23(4,26)13-24)22(17,3)12-18(25)20(16)21;1-14(2)18-8-9-19-17-7-6-16-12-15(3)10-11-22(16,4)21(17)20(24)13-23(18,19)5;1-13-9-10-21(3)15(11-13)5-6-16-18-8-7-17(14(2)23)22(18,4)12-19(24)20(16)21;1-13(2)17-7-8-18-16-6-5-14-11-15(23)9-10-21(14,3)20(16)19(24)12-22(17,18)4/h14-17,19-20,26H,5-12H2,1-4H3;15-17,19,21H,6-13H2,1-5H3;13,15-18,20H,5-12H2,1-4H3;14-16,18,20,23H,5-12H2,1-4H3/t14-,15+,16+,17+,19+,20-,21+,22+,23?;15-,16+,17+,19+,21-,22+,23-;13-,15+,16+,17-,18+,20-,21+,22-;14-,15+,16-,18-,20+,21-,22+/m1110/s1. The number of carbonyl (C=O) groups excluding carboxylic acids is 5. The number of hydrogen-bond donors (Lipinski definition) is 2. The predicted octanol–water partition coefficient (Wildman–Crippen LogP) is 20.9. The van der Waals surface area contributed by atoms with Gasteiger partial charge in [-0.25, -0.2) is 0 Å². The van der Waals surface area contributed by atoms with Gasteiger partial charge in [-0.1, -0.05) is 118 Å². The average molecular weight is 1350 g/mol. The fourth-order valence-electron chi connectivity index (χ4n) is 31.9. The summed E-state index contributed by atoms with van der Waals surface area (Å²) in [4.78, 5) is 65.9. The van der Waals surface area contributed by atoms with E-state index in [0.29, 0.717) is 106 Å². The van der Waals surface area contributed by atoms with E-state index < -0.39 is 5.60 Å². The Hall–Kier alpha value is -2.76. The van der Waals surface area contributed by atoms with Crippen molar-refractivity contribution in [3.05, 3.63) is 22.3 Å². The number of rotatable bonds is 2. The highest BCUT2D eigenvalue weighted by Gasteiger charge is 2.69. The lowest BCUT2D eigenvalue weighted by Crippen LogP contribution is -2.58. The van der Waals surface area contributed by atoms with E-state index in [-0.39, 0.29) is 73.6 Å². The van der Waals surface area contributed by atoms with Crippen molar-refractivity contribution in [1.29, 1.82) is 5.26 Å². The number of aliphatic hydroxyl groups is 2. The fraction of sp³-hybridized carbons (Fsp3) is 0.889. The minimum absolute atomic E-state index is 0.0464. The van der Waals surface area contributed by atoms with Crippen molar-refractivity contribution in [2.45, 2.75) is 335 Å². The van der Waals surface area contributed by atoms with Gasteiger partial charge in [0, 0.05) is 61.2 Å². The fourth-order valence-corrected chi connectivity index (χ4v) is 31.9. The molecule has 0 aromatic carbocycles. The number of ketones is 5. The Morgan fingerprint density at radius 1 is 0.418 bits per heavy atom. The van der Waals surface area contributed by atoms with Crippen LogP contribution in [0, 0.1) is 179 Å². The molecule has 16 saturated carbocycles. The maximum Gasteiger partial charge on any atom is 0.151 e. The second-order valence-corrected chi connectivity index (χ2v) is 41.8. The van der Waals surface area contributed by atoms with Gasteiger partial charge in [0.2, 0.25) is 0 Å². The zero-order valence-corrected chi connectivity index (χ0v) is 65.2. The Morgan fingerprint density at radius 2 is 0.755 bits per heavy atom. The smallest absolute Gasteiger partial charge is 0.151 e. The van der Waals surface area contributed by atoms with Gasteiger partial charge in [-0.05, 0) is 334 Å². The summed E-state index contributed by atoms with van der Waals surface area (Å²) in [6.07, 6.45) is 36.5. The maximum atomic E-state index is 13.5. The van der Waals surface area contributed by atoms with Crippen molar-refractivity contribution >= 4 is 28.9 Å². The number of fused-ring (bicyclic) bond motifs is 20. The van der Waals surface area contributed by atoms with Crippen LogP contribution in [0.2, 0.25) is 0 Å². The number of carbonyl (C=O) groups is 5. The van der Waals surface area contributed by atoms with Crippen molar-refractivity contribution in [3.63, 3.8) is 0 Å². The number of aliphatic hydroxyl groups excluding tert-OH is 1. The molecule has 1 unspecified atom stereocenters. The lowest BCUT2D eigenvalue weighted by atomic mass is 9.43. The van der Waals surface area contributed by atoms with Gasteiger partial charge in [0.1, 0.15) is 28.9 Å². The van der Waals surface area contributed by atoms with Crippen molar-refractivity contribution < 1.29 is 34.2 Å². The van der Waals surface area contributed by atoms with Crippen molar-refractivity contribution in [2.75, 3.05) is 0 Å². The van der Waals surface area contributed by atoms with E-state index in [2.05, 4.69) is 110 Å². The zero-order chi connectivity index (χ0) is 70.7. The third kappa shape index (κ3) is 11.5. The first kappa shape index (κ1) is 73.5. The molecule has 16 aliphatic rings. The number of nitrogens with zero attached hydrogens (tertiary/aromatic N) is 1. The molecule has 0 aromatic rings. The number of Topliss-reactive ketones (excluding diaryl/α,β-unsaturated/α-hetero) is 5. The van der Waals surface area contributed by atoms with Crippen LogP contribution in [-0.2, 0) is 24.0 Å². The van der Waals surface area contributed by atoms with Crippen LogP contribution in [0.25, 0.3) is 0 Å². The number of nitriles is 1. The quantitative estimate of drug-likeness (QED) is 0.205. The highest BCUT2D eigenvalue weighted by molar-refractivity contribution is 5.88. The molecule has 0 saturated heterocycles. The second-order valence-electron chi connectivity index (χ2n) is 41.8. The molecule has 0 amide bonds. The van der Waals surface area contributed by atoms with Crippen molar-refractivity contribution in [2.24, 2.45) is 168 Å². The van der Waals surface area contributed by atoms with Crippen molar-refractivity contribution in [1.82, 2.24) is 0 Å². The highest BCUT2D eigenvalue weighted by atomic mass is 16.3. The normalized spacial score (nSPS) is 52.2. The third-order valence-electron chi connectivity index (χ3n) is 36.3. The van der Waals surface area contributed by atoms with Gasteiger partial charge in [-0.3, -0.25) is 24.0 Å². The molecule has 2 N–H and O–H groups in total. The summed E-state index contributed by atoms with van der Waals surface area (Å²) in [5.41, 5.74) is 5.77. The lowest BCUT2D eigenvalue weighted by molar-refractivity contribution is -0.163. The first-order chi connectivity index (χ1) is 45.9. The molecule has 16 aliphatic carbocycles. The van der Waals surface area contributed by atoms with E-state index in [1.54, 1.807) is 25.0 Å². The van der Waals surface area contributed by atoms with Crippen LogP contribution in [0.15, 0.2) is 22.3 Å². The van der Waals surface area contributed by atoms with Crippen LogP contribution in [0.1, 0.15) is 323 Å². The van der Waals surface area contributed by atoms with Gasteiger partial charge >= 0.3 is 0 Å². The topological polar surface area (TPSA) is 150 Å². The third-order valence-corrected chi connectivity index (χ3v) is 36.3. The number of hydrogen-bond acceptors (Lipinski definition) is 8. The summed E-state index contributed by atoms with van der Waals surface area (Å²) in [5, 5.41) is 30.3. The number of allylic oxidation sites excluding steroid dienone is 4. The summed E-state index contributed by atoms with van der Waals surface area (Å²) in [7, 11) is 0. The summed E-state index contributed by atoms with van der Waals surface area (Å²) in [6, 6.07) is 2.13. The molecule has 16 fully saturated rings. The van der Waals surface area contributed by atoms with Crippen molar-refractivity contribution in [3.8, 4) is 6.07 Å². The molecule has 0 spiro atoms. The highest BCUT2D eigenvalue weighted by Crippen LogP contribution is 2.72. The van der Waals surface area contributed by atoms with E-state index in [9.17, 15) is 39.4 Å². The van der Waals surface area contributed by atoms with Gasteiger partial charge in [-0.15, -0.1) is 0 Å². The molecule has 0 aromatic heterocycles. The van der Waals surface area contributed by atoms with Gasteiger partial charge in [-0.2, -0.15) is 5.26 Å². The van der Waals surface area contributed by atoms with Crippen LogP contribution in [0.5, 0.6) is 0 Å². The molecule has 31 atom stereocenters. The average Bonchev–Trinajstić information content (AvgIpc) is 1.35. The first-order valence-electron chi connectivity index (χ1n) is 41.7. The SMILES string of the molecule is CC(=O)[C@H]1CC[C@H]2[C@@H]3CC[C@H]4C[C@H](C)CC[C@]4(C)[C@H]3C(=O)C[C@]12C.CC(C)=C1CC[C@H]2[C@@H]3CC[C@H]4C[C@H](C)CC[C@]4(C)[C@H]3C(=O)C[C@]12C.CC(C)=C1CC[C@H]2[C@@H]3CC[C@H]4C[C@H](O)CC[C@]4(C)[C@H]3C(=O)C[C@]12C.C[C@@H]1CC[C@@]2(C)[C@@H](CC[C@H]3[C@@H]4CC[C@H](C(C)(O)C#N)[C@@]4(C)CC(=O)[C@@H]32)C1. The summed E-state index contributed by atoms with van der Waals surface area (Å²) < 4.78 is 0. The van der Waals surface area contributed by atoms with Gasteiger partial charge < -0.3 is 10.2 Å². The Bertz CT molecular complexity index is 3120. The molecule has 0 aliphatic heterocycles. The minimum atomic E-state index is -1.32. The molecule has 16 rings (SSSR count). The van der Waals surface area contributed by atoms with Crippen LogP contribution in [0.3, 0.4) is 0 Å². The van der Waals surface area contributed by atoms with Crippen LogP contribution in [-0.4, -0.2) is 50.8 Å². The molecule has 0 radical (unpaired) electrons. The lowest BCUT2D eigenvalue weighted by Gasteiger charge is -2.60. The van der Waals surface area contributed by atoms with Gasteiger partial charge in [0.25, 0.3) is 0 Å². The van der Waals surface area contributed by atoms with E-state index in [1.807, 2.05) is 0 Å². The zero-order valence-electron chi connectivity index (χ0n) is 65.2. The molecular weight excluding hydrogens is 1210 g/mol. The van der Waals surface area contributed by atoms with E-state index in [0.717, 1.165) is 86.9 Å². The molecule has 546 valence electrons.